The Morgan fingerprint density at radius 1 is 0.671 bits per heavy atom. The maximum Gasteiger partial charge on any atom is 1.00 e. The van der Waals surface area contributed by atoms with E-state index in [0.29, 0.717) is 55.1 Å². The van der Waals surface area contributed by atoms with Crippen LogP contribution in [0.1, 0.15) is 76.5 Å². The van der Waals surface area contributed by atoms with Crippen molar-refractivity contribution < 1.29 is 57.7 Å². The SMILES string of the molecule is C1CCOC1.CN(C)C(=N)c1ccc(C(=O)Nc2ccc(CO)cc2C(=O)Nc2ccc(Cl)cn2)cc1.CNC.C[N-]C.Cl.I.N#Cc1ccc(C(=O)Nc2ccc(CO)cc2C(=O)Nc2ccc(Cl)cn2)cc1.[F-].[Li+]. The number of hydrogen-bond donors (Lipinski definition) is 8. The third-order valence-corrected chi connectivity index (χ3v) is 9.88. The van der Waals surface area contributed by atoms with E-state index in [2.05, 4.69) is 41.9 Å². The normalized spacial score (nSPS) is 10.3. The number of nitriles is 1. The van der Waals surface area contributed by atoms with Gasteiger partial charge in [-0.3, -0.25) is 24.6 Å². The van der Waals surface area contributed by atoms with E-state index in [4.69, 9.17) is 38.6 Å². The van der Waals surface area contributed by atoms with Gasteiger partial charge in [0, 0.05) is 56.4 Å². The number of pyridine rings is 2. The Labute approximate surface area is 487 Å². The summed E-state index contributed by atoms with van der Waals surface area (Å²) in [5.74, 6) is -0.951. The smallest absolute Gasteiger partial charge is 1.00 e. The predicted molar refractivity (Wildman–Crippen MR) is 306 cm³/mol. The number of aliphatic hydroxyl groups excluding tert-OH is 2. The van der Waals surface area contributed by atoms with Gasteiger partial charge in [-0.1, -0.05) is 47.5 Å². The molecule has 1 aliphatic heterocycles. The summed E-state index contributed by atoms with van der Waals surface area (Å²) in [7, 11) is 10.8. The van der Waals surface area contributed by atoms with Crippen molar-refractivity contribution in [3.05, 3.63) is 181 Å². The molecule has 402 valence electrons. The number of carbonyl (C=O) groups is 4. The predicted octanol–water partition coefficient (Wildman–Crippen LogP) is 3.52. The van der Waals surface area contributed by atoms with E-state index in [1.807, 2.05) is 20.2 Å². The number of ether oxygens (including phenoxy) is 1. The molecule has 1 aliphatic rings. The van der Waals surface area contributed by atoms with E-state index in [-0.39, 0.29) is 101 Å². The molecular formula is C52H60Cl3FILiN11O7-. The Morgan fingerprint density at radius 3 is 1.34 bits per heavy atom. The molecule has 3 heterocycles. The Morgan fingerprint density at radius 2 is 1.04 bits per heavy atom. The van der Waals surface area contributed by atoms with Crippen LogP contribution in [-0.2, 0) is 18.0 Å². The summed E-state index contributed by atoms with van der Waals surface area (Å²) in [4.78, 5) is 60.6. The van der Waals surface area contributed by atoms with Crippen LogP contribution in [0.25, 0.3) is 5.32 Å². The van der Waals surface area contributed by atoms with Gasteiger partial charge in [-0.15, -0.1) is 36.4 Å². The number of anilines is 4. The second kappa shape index (κ2) is 39.3. The quantitative estimate of drug-likeness (QED) is 0.0401. The second-order valence-corrected chi connectivity index (χ2v) is 16.3. The van der Waals surface area contributed by atoms with E-state index in [0.717, 1.165) is 13.2 Å². The molecule has 2 aromatic heterocycles. The number of rotatable bonds is 11. The first-order valence-electron chi connectivity index (χ1n) is 22.1. The number of nitrogens with zero attached hydrogens (tertiary/aromatic N) is 5. The summed E-state index contributed by atoms with van der Waals surface area (Å²) in [6, 6.07) is 30.3. The van der Waals surface area contributed by atoms with E-state index in [1.54, 1.807) is 99.8 Å². The molecule has 76 heavy (non-hydrogen) atoms. The summed E-state index contributed by atoms with van der Waals surface area (Å²) in [6.45, 7) is 1.48. The topological polar surface area (TPSA) is 269 Å². The largest absolute Gasteiger partial charge is 1.00 e. The van der Waals surface area contributed by atoms with Crippen molar-refractivity contribution in [2.75, 3.05) is 76.8 Å². The molecule has 1 saturated heterocycles. The zero-order chi connectivity index (χ0) is 53.0. The van der Waals surface area contributed by atoms with Crippen LogP contribution >= 0.6 is 59.6 Å². The molecule has 0 aliphatic carbocycles. The number of aliphatic hydroxyl groups is 2. The second-order valence-electron chi connectivity index (χ2n) is 15.4. The van der Waals surface area contributed by atoms with Crippen LogP contribution in [0.3, 0.4) is 0 Å². The number of nitrogens with one attached hydrogen (secondary N) is 6. The van der Waals surface area contributed by atoms with E-state index in [1.165, 1.54) is 67.7 Å². The maximum absolute atomic E-state index is 12.8. The molecule has 4 amide bonds. The monoisotopic (exact) mass is 1210 g/mol. The Bertz CT molecular complexity index is 2750. The number of carbonyl (C=O) groups excluding carboxylic acids is 4. The minimum atomic E-state index is -0.509. The van der Waals surface area contributed by atoms with Crippen molar-refractivity contribution >= 4 is 112 Å². The molecule has 4 aromatic carbocycles. The van der Waals surface area contributed by atoms with Crippen molar-refractivity contribution in [1.82, 2.24) is 20.2 Å². The number of amidine groups is 1. The van der Waals surface area contributed by atoms with Crippen molar-refractivity contribution in [1.29, 1.82) is 10.7 Å². The fraction of sp³-hybridized carbons (Fsp3) is 0.231. The molecule has 0 bridgehead atoms. The molecule has 0 radical (unpaired) electrons. The molecule has 0 unspecified atom stereocenters. The molecule has 24 heteroatoms. The summed E-state index contributed by atoms with van der Waals surface area (Å²) >= 11 is 11.6. The first kappa shape index (κ1) is 72.0. The third kappa shape index (κ3) is 24.7. The molecule has 7 rings (SSSR count). The van der Waals surface area contributed by atoms with Crippen LogP contribution in [0.2, 0.25) is 10.0 Å². The molecule has 1 fully saturated rings. The first-order valence-corrected chi connectivity index (χ1v) is 22.8. The fourth-order valence-electron chi connectivity index (χ4n) is 5.87. The summed E-state index contributed by atoms with van der Waals surface area (Å²) in [6.07, 6.45) is 5.36. The van der Waals surface area contributed by atoms with Crippen molar-refractivity contribution in [3.63, 3.8) is 0 Å². The molecule has 0 spiro atoms. The van der Waals surface area contributed by atoms with Crippen LogP contribution in [0, 0.1) is 16.7 Å². The van der Waals surface area contributed by atoms with Crippen molar-refractivity contribution in [3.8, 4) is 6.07 Å². The fourth-order valence-corrected chi connectivity index (χ4v) is 6.10. The third-order valence-electron chi connectivity index (χ3n) is 9.43. The van der Waals surface area contributed by atoms with Gasteiger partial charge in [0.05, 0.1) is 57.4 Å². The van der Waals surface area contributed by atoms with Crippen LogP contribution in [-0.4, -0.2) is 110 Å². The number of halogens is 5. The molecule has 8 N–H and O–H groups in total. The number of benzene rings is 4. The maximum atomic E-state index is 12.8. The molecule has 0 saturated carbocycles. The standard InChI is InChI=1S/C23H22ClN5O3.C21H15ClN4O3.C4H8O.C2H7N.C2H6N.ClH.FH.HI.Li/c1-29(2)21(25)15-4-6-16(7-5-15)22(31)27-19-9-3-14(13-30)11-18(19)23(32)28-20-10-8-17(24)12-26-20;22-16-6-8-19(24-11-16)26-21(29)17-9-14(12-27)3-7-18(17)25-20(28)15-4-1-13(10-23)2-5-15;1-2-4-5-3-1;2*1-3-2;;;;/h3-12,25,30H,13H2,1-2H3,(H,27,31)(H,26,28,32);1-9,11,27H,12H2,(H,25,28)(H,24,26,29);1-4H2;3H,1-2H3;1-2H3;3*1H;/q;;;;-1;;;;+1/p-1. The summed E-state index contributed by atoms with van der Waals surface area (Å²) in [5, 5.41) is 53.5. The van der Waals surface area contributed by atoms with Crippen LogP contribution in [0.5, 0.6) is 0 Å². The first-order chi connectivity index (χ1) is 34.6. The minimum Gasteiger partial charge on any atom is -1.00 e. The molecule has 6 aromatic rings. The van der Waals surface area contributed by atoms with E-state index < -0.39 is 23.6 Å². The number of amides is 4. The summed E-state index contributed by atoms with van der Waals surface area (Å²) in [5.41, 5.74) is 3.73. The van der Waals surface area contributed by atoms with Gasteiger partial charge in [0.15, 0.2) is 0 Å². The molecular weight excluding hydrogens is 1150 g/mol. The minimum absolute atomic E-state index is 0. The van der Waals surface area contributed by atoms with Crippen LogP contribution in [0.15, 0.2) is 122 Å². The van der Waals surface area contributed by atoms with Gasteiger partial charge >= 0.3 is 18.9 Å². The van der Waals surface area contributed by atoms with E-state index in [9.17, 15) is 29.4 Å². The molecule has 18 nitrogen and oxygen atoms in total. The number of aromatic nitrogens is 2. The van der Waals surface area contributed by atoms with Gasteiger partial charge in [-0.05, 0) is 123 Å². The Kier molecular flexibility index (Phi) is 37.3. The van der Waals surface area contributed by atoms with Gasteiger partial charge in [0.25, 0.3) is 23.6 Å². The van der Waals surface area contributed by atoms with Crippen LogP contribution < -0.4 is 50.1 Å². The van der Waals surface area contributed by atoms with Gasteiger partial charge in [0.2, 0.25) is 0 Å². The van der Waals surface area contributed by atoms with E-state index >= 15 is 0 Å². The zero-order valence-corrected chi connectivity index (χ0v) is 47.6. The zero-order valence-electron chi connectivity index (χ0n) is 42.9. The Balaban J connectivity index is 0. The average Bonchev–Trinajstić information content (AvgIpc) is 3.99. The van der Waals surface area contributed by atoms with Gasteiger partial charge in [-0.2, -0.15) is 19.4 Å². The van der Waals surface area contributed by atoms with Crippen molar-refractivity contribution in [2.24, 2.45) is 0 Å². The van der Waals surface area contributed by atoms with Crippen LogP contribution in [0.4, 0.5) is 23.0 Å². The number of hydrogen-bond acceptors (Lipinski definition) is 12. The average molecular weight is 1210 g/mol. The Hall–Kier alpha value is -6.05. The van der Waals surface area contributed by atoms with Gasteiger partial charge in [0.1, 0.15) is 17.5 Å². The van der Waals surface area contributed by atoms with Crippen molar-refractivity contribution in [2.45, 2.75) is 26.1 Å². The summed E-state index contributed by atoms with van der Waals surface area (Å²) < 4.78 is 4.94. The van der Waals surface area contributed by atoms with Gasteiger partial charge < -0.3 is 56.5 Å². The molecule has 0 atom stereocenters. The van der Waals surface area contributed by atoms with Gasteiger partial charge in [-0.25, -0.2) is 9.97 Å².